The number of carbonyl (C=O) groups is 1. The zero-order chi connectivity index (χ0) is 14.7. The van der Waals surface area contributed by atoms with E-state index >= 15 is 0 Å². The lowest BCUT2D eigenvalue weighted by Gasteiger charge is -2.08. The molecule has 2 aromatic rings. The maximum absolute atomic E-state index is 10.6. The van der Waals surface area contributed by atoms with E-state index in [9.17, 15) is 4.79 Å². The molecule has 20 heavy (non-hydrogen) atoms. The van der Waals surface area contributed by atoms with Gasteiger partial charge in [-0.3, -0.25) is 4.79 Å². The lowest BCUT2D eigenvalue weighted by molar-refractivity contribution is -0.133. The Morgan fingerprint density at radius 1 is 1.55 bits per heavy atom. The van der Waals surface area contributed by atoms with Crippen LogP contribution in [0.4, 0.5) is 0 Å². The van der Waals surface area contributed by atoms with Crippen LogP contribution < -0.4 is 10.6 Å². The second-order valence-electron chi connectivity index (χ2n) is 3.70. The number of ether oxygens (including phenoxy) is 1. The first kappa shape index (κ1) is 14.7. The largest absolute Gasteiger partial charge is 0.496 e. The summed E-state index contributed by atoms with van der Waals surface area (Å²) in [6.45, 7) is 0. The van der Waals surface area contributed by atoms with Gasteiger partial charge in [0.15, 0.2) is 5.82 Å². The van der Waals surface area contributed by atoms with Gasteiger partial charge < -0.3 is 15.7 Å². The number of aliphatic carboxylic acids is 1. The molecule has 0 aliphatic rings. The summed E-state index contributed by atoms with van der Waals surface area (Å²) in [6.07, 6.45) is 0. The molecule has 0 aliphatic carbocycles. The standard InChI is InChI=1S/C11H11BrN4O3S/c1-19-8-4-6(12)2-3-7(8)10-14-15-11(16(10)13)20-5-9(17)18/h2-4H,5,13H2,1H3,(H,17,18). The van der Waals surface area contributed by atoms with Gasteiger partial charge in [-0.1, -0.05) is 27.7 Å². The number of rotatable bonds is 5. The molecule has 1 heterocycles. The molecule has 0 saturated carbocycles. The van der Waals surface area contributed by atoms with Crippen LogP contribution in [0.3, 0.4) is 0 Å². The third-order valence-electron chi connectivity index (χ3n) is 2.39. The summed E-state index contributed by atoms with van der Waals surface area (Å²) in [4.78, 5) is 10.6. The maximum Gasteiger partial charge on any atom is 0.313 e. The highest BCUT2D eigenvalue weighted by atomic mass is 79.9. The van der Waals surface area contributed by atoms with Gasteiger partial charge in [0, 0.05) is 4.47 Å². The zero-order valence-corrected chi connectivity index (χ0v) is 12.8. The summed E-state index contributed by atoms with van der Waals surface area (Å²) in [5.74, 6) is 5.81. The number of hydrogen-bond donors (Lipinski definition) is 2. The minimum atomic E-state index is -0.944. The van der Waals surface area contributed by atoms with Crippen LogP contribution in [0.2, 0.25) is 0 Å². The molecule has 0 spiro atoms. The van der Waals surface area contributed by atoms with E-state index in [1.165, 1.54) is 4.68 Å². The van der Waals surface area contributed by atoms with Crippen molar-refractivity contribution in [2.24, 2.45) is 0 Å². The molecule has 0 bridgehead atoms. The van der Waals surface area contributed by atoms with E-state index in [4.69, 9.17) is 15.7 Å². The molecule has 2 rings (SSSR count). The lowest BCUT2D eigenvalue weighted by atomic mass is 10.2. The predicted octanol–water partition coefficient (Wildman–Crippen LogP) is 1.61. The molecular weight excluding hydrogens is 348 g/mol. The van der Waals surface area contributed by atoms with Crippen LogP contribution in [0.1, 0.15) is 0 Å². The van der Waals surface area contributed by atoms with Crippen LogP contribution in [-0.2, 0) is 4.79 Å². The molecule has 3 N–H and O–H groups in total. The minimum Gasteiger partial charge on any atom is -0.496 e. The quantitative estimate of drug-likeness (QED) is 0.617. The smallest absolute Gasteiger partial charge is 0.313 e. The highest BCUT2D eigenvalue weighted by Crippen LogP contribution is 2.32. The summed E-state index contributed by atoms with van der Waals surface area (Å²) in [5.41, 5.74) is 0.674. The number of aromatic nitrogens is 3. The van der Waals surface area contributed by atoms with Crippen molar-refractivity contribution in [3.05, 3.63) is 22.7 Å². The van der Waals surface area contributed by atoms with E-state index in [1.54, 1.807) is 19.2 Å². The molecular formula is C11H11BrN4O3S. The summed E-state index contributed by atoms with van der Waals surface area (Å²) < 4.78 is 7.39. The second-order valence-corrected chi connectivity index (χ2v) is 5.56. The van der Waals surface area contributed by atoms with Crippen molar-refractivity contribution in [3.63, 3.8) is 0 Å². The molecule has 0 saturated heterocycles. The number of hydrogen-bond acceptors (Lipinski definition) is 6. The SMILES string of the molecule is COc1cc(Br)ccc1-c1nnc(SCC(=O)O)n1N. The van der Waals surface area contributed by atoms with E-state index in [2.05, 4.69) is 26.1 Å². The van der Waals surface area contributed by atoms with Gasteiger partial charge in [0.25, 0.3) is 0 Å². The van der Waals surface area contributed by atoms with Crippen molar-refractivity contribution >= 4 is 33.7 Å². The van der Waals surface area contributed by atoms with Gasteiger partial charge in [-0.25, -0.2) is 4.68 Å². The molecule has 106 valence electrons. The highest BCUT2D eigenvalue weighted by molar-refractivity contribution is 9.10. The van der Waals surface area contributed by atoms with Crippen LogP contribution in [-0.4, -0.2) is 38.8 Å². The summed E-state index contributed by atoms with van der Waals surface area (Å²) in [5, 5.41) is 16.8. The Morgan fingerprint density at radius 3 is 2.95 bits per heavy atom. The van der Waals surface area contributed by atoms with Gasteiger partial charge in [0.05, 0.1) is 18.4 Å². The van der Waals surface area contributed by atoms with Gasteiger partial charge in [-0.05, 0) is 18.2 Å². The summed E-state index contributed by atoms with van der Waals surface area (Å²) in [6, 6.07) is 5.41. The Kier molecular flexibility index (Phi) is 4.50. The molecule has 1 aromatic heterocycles. The Bertz CT molecular complexity index is 647. The topological polar surface area (TPSA) is 103 Å². The van der Waals surface area contributed by atoms with Crippen LogP contribution >= 0.6 is 27.7 Å². The number of carboxylic acids is 1. The molecule has 0 aliphatic heterocycles. The van der Waals surface area contributed by atoms with Crippen molar-refractivity contribution in [1.29, 1.82) is 0 Å². The van der Waals surface area contributed by atoms with Crippen LogP contribution in [0.25, 0.3) is 11.4 Å². The minimum absolute atomic E-state index is 0.132. The number of halogens is 1. The molecule has 0 amide bonds. The lowest BCUT2D eigenvalue weighted by Crippen LogP contribution is -2.12. The molecule has 0 unspecified atom stereocenters. The van der Waals surface area contributed by atoms with Crippen molar-refractivity contribution < 1.29 is 14.6 Å². The molecule has 0 fully saturated rings. The van der Waals surface area contributed by atoms with Crippen LogP contribution in [0, 0.1) is 0 Å². The van der Waals surface area contributed by atoms with Crippen molar-refractivity contribution in [1.82, 2.24) is 14.9 Å². The number of thioether (sulfide) groups is 1. The van der Waals surface area contributed by atoms with Gasteiger partial charge in [0.2, 0.25) is 5.16 Å². The fourth-order valence-corrected chi connectivity index (χ4v) is 2.45. The third kappa shape index (κ3) is 3.05. The fourth-order valence-electron chi connectivity index (χ4n) is 1.54. The Balaban J connectivity index is 2.36. The van der Waals surface area contributed by atoms with E-state index in [0.717, 1.165) is 16.2 Å². The fraction of sp³-hybridized carbons (Fsp3) is 0.182. The molecule has 1 aromatic carbocycles. The maximum atomic E-state index is 10.6. The average molecular weight is 359 g/mol. The first-order chi connectivity index (χ1) is 9.52. The Morgan fingerprint density at radius 2 is 2.30 bits per heavy atom. The normalized spacial score (nSPS) is 10.5. The van der Waals surface area contributed by atoms with Gasteiger partial charge in [-0.15, -0.1) is 10.2 Å². The van der Waals surface area contributed by atoms with Crippen molar-refractivity contribution in [2.75, 3.05) is 18.7 Å². The van der Waals surface area contributed by atoms with Crippen molar-refractivity contribution in [3.8, 4) is 17.1 Å². The summed E-state index contributed by atoms with van der Waals surface area (Å²) in [7, 11) is 1.54. The number of benzene rings is 1. The number of nitrogen functional groups attached to an aromatic ring is 1. The Labute approximate surface area is 127 Å². The number of nitrogens with two attached hydrogens (primary N) is 1. The van der Waals surface area contributed by atoms with Gasteiger partial charge in [-0.2, -0.15) is 0 Å². The zero-order valence-electron chi connectivity index (χ0n) is 10.4. The van der Waals surface area contributed by atoms with Gasteiger partial charge >= 0.3 is 5.97 Å². The molecule has 9 heteroatoms. The van der Waals surface area contributed by atoms with Crippen LogP contribution in [0.15, 0.2) is 27.8 Å². The monoisotopic (exact) mass is 358 g/mol. The van der Waals surface area contributed by atoms with Crippen LogP contribution in [0.5, 0.6) is 5.75 Å². The van der Waals surface area contributed by atoms with Gasteiger partial charge in [0.1, 0.15) is 5.75 Å². The first-order valence-electron chi connectivity index (χ1n) is 5.42. The number of methoxy groups -OCH3 is 1. The number of carboxylic acid groups (broad SMARTS) is 1. The van der Waals surface area contributed by atoms with E-state index in [-0.39, 0.29) is 5.75 Å². The number of nitrogens with zero attached hydrogens (tertiary/aromatic N) is 3. The Hall–Kier alpha value is -1.74. The molecule has 0 radical (unpaired) electrons. The van der Waals surface area contributed by atoms with E-state index in [0.29, 0.717) is 22.3 Å². The second kappa shape index (κ2) is 6.14. The predicted molar refractivity (Wildman–Crippen MR) is 78.2 cm³/mol. The highest BCUT2D eigenvalue weighted by Gasteiger charge is 2.16. The molecule has 0 atom stereocenters. The van der Waals surface area contributed by atoms with Crippen molar-refractivity contribution in [2.45, 2.75) is 5.16 Å². The summed E-state index contributed by atoms with van der Waals surface area (Å²) >= 11 is 4.35. The van der Waals surface area contributed by atoms with E-state index in [1.807, 2.05) is 6.07 Å². The first-order valence-corrected chi connectivity index (χ1v) is 7.19. The average Bonchev–Trinajstić information content (AvgIpc) is 2.77. The molecule has 7 nitrogen and oxygen atoms in total. The third-order valence-corrected chi connectivity index (χ3v) is 3.81. The van der Waals surface area contributed by atoms with E-state index < -0.39 is 5.97 Å².